The summed E-state index contributed by atoms with van der Waals surface area (Å²) >= 11 is 0. The Morgan fingerprint density at radius 1 is 1.29 bits per heavy atom. The minimum Gasteiger partial charge on any atom is -0.408 e. The summed E-state index contributed by atoms with van der Waals surface area (Å²) in [6.07, 6.45) is 3.55. The molecule has 1 saturated heterocycles. The zero-order valence-electron chi connectivity index (χ0n) is 20.7. The van der Waals surface area contributed by atoms with Crippen LogP contribution >= 0.6 is 0 Å². The van der Waals surface area contributed by atoms with E-state index in [1.54, 1.807) is 0 Å². The van der Waals surface area contributed by atoms with Crippen LogP contribution in [0.15, 0.2) is 32.3 Å². The van der Waals surface area contributed by atoms with Crippen LogP contribution in [0.1, 0.15) is 53.4 Å². The molecule has 1 aliphatic heterocycles. The quantitative estimate of drug-likeness (QED) is 0.530. The van der Waals surface area contributed by atoms with Crippen molar-refractivity contribution in [1.29, 1.82) is 0 Å². The highest BCUT2D eigenvalue weighted by molar-refractivity contribution is 7.89. The van der Waals surface area contributed by atoms with Crippen LogP contribution in [0.3, 0.4) is 0 Å². The second kappa shape index (κ2) is 8.45. The van der Waals surface area contributed by atoms with Crippen molar-refractivity contribution < 1.29 is 22.4 Å². The van der Waals surface area contributed by atoms with E-state index < -0.39 is 15.8 Å². The SMILES string of the molecule is CC(C)C(=O)N[C@H]1C(C)(C)[C@@H]2C[C@@H]3[C@@H](CCNS(=O)(=O)c4ccc5[nH]c(=O)oc5c4)OCC[C@@]31C2. The van der Waals surface area contributed by atoms with Crippen LogP contribution in [-0.2, 0) is 19.6 Å². The Kier molecular flexibility index (Phi) is 5.92. The Morgan fingerprint density at radius 3 is 2.80 bits per heavy atom. The number of hydrogen-bond acceptors (Lipinski definition) is 6. The summed E-state index contributed by atoms with van der Waals surface area (Å²) in [5.74, 6) is 0.205. The average Bonchev–Trinajstić information content (AvgIpc) is 3.42. The molecule has 10 heteroatoms. The topological polar surface area (TPSA) is 130 Å². The maximum atomic E-state index is 12.9. The molecule has 2 aliphatic carbocycles. The van der Waals surface area contributed by atoms with Gasteiger partial charge in [0.25, 0.3) is 0 Å². The van der Waals surface area contributed by atoms with E-state index in [1.807, 2.05) is 13.8 Å². The maximum absolute atomic E-state index is 12.9. The van der Waals surface area contributed by atoms with Crippen molar-refractivity contribution in [2.75, 3.05) is 13.2 Å². The lowest BCUT2D eigenvalue weighted by Crippen LogP contribution is -2.60. The molecule has 3 aliphatic rings. The van der Waals surface area contributed by atoms with Gasteiger partial charge < -0.3 is 14.5 Å². The average molecular weight is 506 g/mol. The summed E-state index contributed by atoms with van der Waals surface area (Å²) in [6, 6.07) is 4.41. The van der Waals surface area contributed by atoms with Gasteiger partial charge >= 0.3 is 5.76 Å². The van der Waals surface area contributed by atoms with E-state index in [1.165, 1.54) is 18.2 Å². The van der Waals surface area contributed by atoms with Gasteiger partial charge in [-0.2, -0.15) is 0 Å². The van der Waals surface area contributed by atoms with E-state index in [4.69, 9.17) is 9.15 Å². The lowest BCUT2D eigenvalue weighted by atomic mass is 9.59. The van der Waals surface area contributed by atoms with Crippen LogP contribution in [0, 0.1) is 28.6 Å². The Hall–Kier alpha value is -2.17. The number of amides is 1. The highest BCUT2D eigenvalue weighted by Gasteiger charge is 2.68. The number of oxazole rings is 1. The third-order valence-electron chi connectivity index (χ3n) is 8.86. The Balaban J connectivity index is 1.28. The third-order valence-corrected chi connectivity index (χ3v) is 10.3. The summed E-state index contributed by atoms with van der Waals surface area (Å²) in [6.45, 7) is 9.25. The summed E-state index contributed by atoms with van der Waals surface area (Å²) in [7, 11) is -3.77. The molecule has 2 saturated carbocycles. The molecule has 35 heavy (non-hydrogen) atoms. The minimum absolute atomic E-state index is 0.00261. The molecule has 2 aromatic rings. The fourth-order valence-electron chi connectivity index (χ4n) is 7.02. The first-order valence-corrected chi connectivity index (χ1v) is 14.0. The number of nitrogens with one attached hydrogen (secondary N) is 3. The molecular weight excluding hydrogens is 470 g/mol. The van der Waals surface area contributed by atoms with Crippen molar-refractivity contribution in [3.8, 4) is 0 Å². The number of aromatic amines is 1. The van der Waals surface area contributed by atoms with Gasteiger partial charge in [-0.15, -0.1) is 0 Å². The number of hydrogen-bond donors (Lipinski definition) is 3. The molecule has 1 aromatic carbocycles. The Bertz CT molecular complexity index is 1300. The standard InChI is InChI=1S/C25H35N3O6S/c1-14(2)21(29)28-22-24(3,4)15-11-17-19(33-10-8-25(17,22)13-15)7-9-26-35(31,32)16-5-6-18-20(12-16)34-23(30)27-18/h5-6,12,14-15,17,19,22,26H,7-11,13H2,1-4H3,(H,27,30)(H,28,29)/t15-,17-,19-,22+,25-/m1/s1. The van der Waals surface area contributed by atoms with Crippen LogP contribution in [-0.4, -0.2) is 44.6 Å². The number of aromatic nitrogens is 1. The molecule has 1 spiro atoms. The molecule has 5 atom stereocenters. The summed E-state index contributed by atoms with van der Waals surface area (Å²) in [5, 5.41) is 3.39. The molecule has 1 aromatic heterocycles. The van der Waals surface area contributed by atoms with Crippen molar-refractivity contribution in [3.05, 3.63) is 28.7 Å². The second-order valence-corrected chi connectivity index (χ2v) is 13.2. The largest absolute Gasteiger partial charge is 0.417 e. The number of ether oxygens (including phenoxy) is 1. The number of H-pyrrole nitrogens is 1. The molecule has 9 nitrogen and oxygen atoms in total. The van der Waals surface area contributed by atoms with Gasteiger partial charge in [0.2, 0.25) is 15.9 Å². The smallest absolute Gasteiger partial charge is 0.408 e. The van der Waals surface area contributed by atoms with E-state index in [0.717, 1.165) is 19.3 Å². The number of fused-ring (bicyclic) bond motifs is 2. The van der Waals surface area contributed by atoms with Crippen molar-refractivity contribution in [2.45, 2.75) is 70.4 Å². The van der Waals surface area contributed by atoms with Gasteiger partial charge in [0.15, 0.2) is 5.58 Å². The van der Waals surface area contributed by atoms with Crippen LogP contribution in [0.5, 0.6) is 0 Å². The monoisotopic (exact) mass is 505 g/mol. The first kappa shape index (κ1) is 24.5. The molecule has 5 rings (SSSR count). The lowest BCUT2D eigenvalue weighted by Gasteiger charge is -2.53. The van der Waals surface area contributed by atoms with Crippen LogP contribution < -0.4 is 15.8 Å². The van der Waals surface area contributed by atoms with E-state index in [9.17, 15) is 18.0 Å². The molecule has 1 amide bonds. The molecule has 0 radical (unpaired) electrons. The van der Waals surface area contributed by atoms with Crippen molar-refractivity contribution in [1.82, 2.24) is 15.0 Å². The number of benzene rings is 1. The third kappa shape index (κ3) is 4.03. The van der Waals surface area contributed by atoms with Crippen molar-refractivity contribution >= 4 is 27.0 Å². The van der Waals surface area contributed by atoms with Crippen LogP contribution in [0.25, 0.3) is 11.1 Å². The number of rotatable bonds is 7. The van der Waals surface area contributed by atoms with E-state index in [0.29, 0.717) is 30.4 Å². The molecule has 2 heterocycles. The van der Waals surface area contributed by atoms with Crippen molar-refractivity contribution in [2.24, 2.45) is 28.6 Å². The molecule has 3 N–H and O–H groups in total. The van der Waals surface area contributed by atoms with Gasteiger partial charge in [-0.25, -0.2) is 17.9 Å². The van der Waals surface area contributed by atoms with E-state index >= 15 is 0 Å². The number of carbonyl (C=O) groups is 1. The molecule has 2 bridgehead atoms. The Labute approximate surface area is 205 Å². The summed E-state index contributed by atoms with van der Waals surface area (Å²) in [5.41, 5.74) is 0.677. The van der Waals surface area contributed by atoms with Crippen LogP contribution in [0.4, 0.5) is 0 Å². The second-order valence-electron chi connectivity index (χ2n) is 11.4. The predicted octanol–water partition coefficient (Wildman–Crippen LogP) is 2.77. The zero-order valence-corrected chi connectivity index (χ0v) is 21.5. The van der Waals surface area contributed by atoms with E-state index in [2.05, 4.69) is 28.9 Å². The van der Waals surface area contributed by atoms with Gasteiger partial charge in [-0.05, 0) is 60.5 Å². The lowest BCUT2D eigenvalue weighted by molar-refractivity contribution is -0.138. The summed E-state index contributed by atoms with van der Waals surface area (Å²) in [4.78, 5) is 26.6. The molecular formula is C25H35N3O6S. The number of carbonyl (C=O) groups excluding carboxylic acids is 1. The van der Waals surface area contributed by atoms with Gasteiger partial charge in [0, 0.05) is 31.2 Å². The van der Waals surface area contributed by atoms with Crippen LogP contribution in [0.2, 0.25) is 0 Å². The highest BCUT2D eigenvalue weighted by Crippen LogP contribution is 2.68. The highest BCUT2D eigenvalue weighted by atomic mass is 32.2. The van der Waals surface area contributed by atoms with E-state index in [-0.39, 0.29) is 51.8 Å². The molecule has 192 valence electrons. The van der Waals surface area contributed by atoms with Gasteiger partial charge in [-0.3, -0.25) is 9.78 Å². The van der Waals surface area contributed by atoms with Gasteiger partial charge in [-0.1, -0.05) is 27.7 Å². The van der Waals surface area contributed by atoms with Crippen molar-refractivity contribution in [3.63, 3.8) is 0 Å². The molecule has 3 fully saturated rings. The normalized spacial score (nSPS) is 31.7. The minimum atomic E-state index is -3.77. The fraction of sp³-hybridized carbons (Fsp3) is 0.680. The predicted molar refractivity (Wildman–Crippen MR) is 130 cm³/mol. The van der Waals surface area contributed by atoms with Gasteiger partial charge in [0.1, 0.15) is 0 Å². The number of sulfonamides is 1. The zero-order chi connectivity index (χ0) is 25.2. The summed E-state index contributed by atoms with van der Waals surface area (Å²) < 4.78 is 39.6. The first-order chi connectivity index (χ1) is 16.4. The Morgan fingerprint density at radius 2 is 2.06 bits per heavy atom. The fourth-order valence-corrected chi connectivity index (χ4v) is 8.08. The van der Waals surface area contributed by atoms with Gasteiger partial charge in [0.05, 0.1) is 16.5 Å². The maximum Gasteiger partial charge on any atom is 0.417 e. The first-order valence-electron chi connectivity index (χ1n) is 12.5. The molecule has 0 unspecified atom stereocenters.